The minimum absolute atomic E-state index is 0. The minimum atomic E-state index is -3.95. The molecule has 0 unspecified atom stereocenters. The Kier molecular flexibility index (Phi) is 5.81. The molecule has 0 aliphatic heterocycles. The van der Waals surface area contributed by atoms with Crippen molar-refractivity contribution in [1.82, 2.24) is 14.5 Å². The molecule has 1 aromatic heterocycles. The predicted octanol–water partition coefficient (Wildman–Crippen LogP) is 2.40. The van der Waals surface area contributed by atoms with E-state index in [2.05, 4.69) is 21.2 Å². The molecule has 0 saturated heterocycles. The fraction of sp³-hybridized carbons (Fsp3) is 0.500. The van der Waals surface area contributed by atoms with Crippen LogP contribution in [-0.2, 0) is 42.3 Å². The van der Waals surface area contributed by atoms with Crippen LogP contribution in [0.4, 0.5) is 10.5 Å². The number of carbonyl (C=O) groups is 1. The third-order valence-electron chi connectivity index (χ3n) is 6.00. The Morgan fingerprint density at radius 1 is 1.10 bits per heavy atom. The Balaban J connectivity index is 0.00000205. The van der Waals surface area contributed by atoms with Gasteiger partial charge in [-0.05, 0) is 79.5 Å². The molecule has 149 valence electrons. The normalized spacial score (nSPS) is 17.4. The van der Waals surface area contributed by atoms with Crippen molar-refractivity contribution in [2.75, 3.05) is 5.32 Å². The number of fused-ring (bicyclic) bond motifs is 2. The van der Waals surface area contributed by atoms with E-state index in [1.807, 2.05) is 0 Å². The molecule has 29 heavy (non-hydrogen) atoms. The summed E-state index contributed by atoms with van der Waals surface area (Å²) in [4.78, 5) is 12.6. The molecule has 3 aliphatic carbocycles. The Labute approximate surface area is 193 Å². The number of anilines is 1. The van der Waals surface area contributed by atoms with Gasteiger partial charge >= 0.3 is 6.03 Å². The van der Waals surface area contributed by atoms with Crippen LogP contribution in [0, 0.1) is 5.92 Å². The van der Waals surface area contributed by atoms with Crippen LogP contribution >= 0.6 is 0 Å². The summed E-state index contributed by atoms with van der Waals surface area (Å²) in [6, 6.07) is 1.57. The summed E-state index contributed by atoms with van der Waals surface area (Å²) in [5.74, 6) is 0.592. The summed E-state index contributed by atoms with van der Waals surface area (Å²) in [5, 5.41) is 6.98. The molecular formula is C20H24N4NaO3S. The first-order valence-electron chi connectivity index (χ1n) is 10.0. The number of rotatable bonds is 5. The van der Waals surface area contributed by atoms with E-state index in [1.165, 1.54) is 34.6 Å². The number of hydrogen-bond donors (Lipinski definition) is 2. The average Bonchev–Trinajstić information content (AvgIpc) is 3.06. The van der Waals surface area contributed by atoms with Gasteiger partial charge in [0.1, 0.15) is 4.90 Å². The van der Waals surface area contributed by atoms with Crippen molar-refractivity contribution in [3.05, 3.63) is 40.7 Å². The number of aryl methyl sites for hydroxylation is 2. The number of aromatic nitrogens is 2. The van der Waals surface area contributed by atoms with Crippen LogP contribution in [0.25, 0.3) is 0 Å². The molecule has 0 atom stereocenters. The maximum atomic E-state index is 12.6. The van der Waals surface area contributed by atoms with Gasteiger partial charge in [-0.1, -0.05) is 6.07 Å². The van der Waals surface area contributed by atoms with Gasteiger partial charge < -0.3 is 5.32 Å². The van der Waals surface area contributed by atoms with E-state index in [9.17, 15) is 13.2 Å². The summed E-state index contributed by atoms with van der Waals surface area (Å²) >= 11 is 0. The second kappa shape index (κ2) is 8.06. The first-order valence-corrected chi connectivity index (χ1v) is 11.5. The second-order valence-electron chi connectivity index (χ2n) is 8.14. The van der Waals surface area contributed by atoms with E-state index in [0.717, 1.165) is 63.6 Å². The Bertz CT molecular complexity index is 1030. The predicted molar refractivity (Wildman–Crippen MR) is 111 cm³/mol. The van der Waals surface area contributed by atoms with Crippen LogP contribution < -0.4 is 10.0 Å². The minimum Gasteiger partial charge on any atom is -0.307 e. The van der Waals surface area contributed by atoms with Crippen molar-refractivity contribution in [3.63, 3.8) is 0 Å². The van der Waals surface area contributed by atoms with Crippen molar-refractivity contribution in [2.24, 2.45) is 5.92 Å². The molecule has 1 saturated carbocycles. The molecule has 2 aromatic rings. The number of carbonyl (C=O) groups excluding carboxylic acids is 1. The molecule has 9 heteroatoms. The summed E-state index contributed by atoms with van der Waals surface area (Å²) in [6.45, 7) is 0.726. The number of benzene rings is 1. The first kappa shape index (κ1) is 20.9. The molecule has 2 amide bonds. The average molecular weight is 423 g/mol. The van der Waals surface area contributed by atoms with Gasteiger partial charge in [0.2, 0.25) is 0 Å². The van der Waals surface area contributed by atoms with Gasteiger partial charge in [-0.2, -0.15) is 5.10 Å². The third-order valence-corrected chi connectivity index (χ3v) is 7.29. The topological polar surface area (TPSA) is 93.1 Å². The fourth-order valence-electron chi connectivity index (χ4n) is 4.44. The fourth-order valence-corrected chi connectivity index (χ4v) is 5.29. The van der Waals surface area contributed by atoms with Crippen LogP contribution in [0.15, 0.2) is 23.4 Å². The zero-order chi connectivity index (χ0) is 19.3. The monoisotopic (exact) mass is 423 g/mol. The molecule has 0 spiro atoms. The van der Waals surface area contributed by atoms with Crippen LogP contribution in [-0.4, -0.2) is 53.8 Å². The van der Waals surface area contributed by atoms with E-state index in [-0.39, 0.29) is 34.5 Å². The second-order valence-corrected chi connectivity index (χ2v) is 9.82. The van der Waals surface area contributed by atoms with E-state index in [1.54, 1.807) is 4.68 Å². The van der Waals surface area contributed by atoms with Gasteiger partial charge in [-0.3, -0.25) is 4.68 Å². The van der Waals surface area contributed by atoms with Crippen LogP contribution in [0.3, 0.4) is 0 Å². The quantitative estimate of drug-likeness (QED) is 0.723. The number of nitrogens with one attached hydrogen (secondary N) is 2. The molecular weight excluding hydrogens is 399 g/mol. The summed E-state index contributed by atoms with van der Waals surface area (Å²) < 4.78 is 29.0. The molecule has 5 rings (SSSR count). The summed E-state index contributed by atoms with van der Waals surface area (Å²) in [7, 11) is -3.95. The standard InChI is InChI=1S/C20H24N4O3S.Na/c25-20(23-28(26,27)16-10-21-24(12-16)11-13-7-8-13)22-19-17-5-1-3-14(17)9-15-4-2-6-18(15)19;/h9-10,12-13H,1-8,11H2,(H2,22,23,25);. The van der Waals surface area contributed by atoms with Gasteiger partial charge in [0.25, 0.3) is 10.0 Å². The number of amides is 2. The number of hydrogen-bond acceptors (Lipinski definition) is 4. The SMILES string of the molecule is O=C(Nc1c2c(cc3c1CCC3)CCC2)NS(=O)(=O)c1cnn(CC2CC2)c1.[Na]. The van der Waals surface area contributed by atoms with Gasteiger partial charge in [0, 0.05) is 48.0 Å². The zero-order valence-electron chi connectivity index (χ0n) is 16.7. The molecule has 1 aromatic carbocycles. The zero-order valence-corrected chi connectivity index (χ0v) is 19.5. The van der Waals surface area contributed by atoms with Gasteiger partial charge in [-0.25, -0.2) is 17.9 Å². The van der Waals surface area contributed by atoms with Crippen molar-refractivity contribution in [3.8, 4) is 0 Å². The number of urea groups is 1. The number of sulfonamides is 1. The first-order chi connectivity index (χ1) is 13.5. The third kappa shape index (κ3) is 4.26. The summed E-state index contributed by atoms with van der Waals surface area (Å²) in [5.41, 5.74) is 5.76. The van der Waals surface area contributed by atoms with Gasteiger partial charge in [-0.15, -0.1) is 0 Å². The largest absolute Gasteiger partial charge is 0.333 e. The van der Waals surface area contributed by atoms with Crippen molar-refractivity contribution in [1.29, 1.82) is 0 Å². The van der Waals surface area contributed by atoms with Crippen molar-refractivity contribution in [2.45, 2.75) is 62.8 Å². The molecule has 2 N–H and O–H groups in total. The number of nitrogens with zero attached hydrogens (tertiary/aromatic N) is 2. The van der Waals surface area contributed by atoms with E-state index >= 15 is 0 Å². The smallest absolute Gasteiger partial charge is 0.307 e. The molecule has 1 fully saturated rings. The van der Waals surface area contributed by atoms with E-state index in [0.29, 0.717) is 5.92 Å². The van der Waals surface area contributed by atoms with E-state index < -0.39 is 16.1 Å². The van der Waals surface area contributed by atoms with E-state index in [4.69, 9.17) is 0 Å². The molecule has 1 radical (unpaired) electrons. The molecule has 0 bridgehead atoms. The maximum absolute atomic E-state index is 12.6. The Morgan fingerprint density at radius 3 is 2.38 bits per heavy atom. The van der Waals surface area contributed by atoms with Gasteiger partial charge in [0.05, 0.1) is 6.20 Å². The van der Waals surface area contributed by atoms with Crippen LogP contribution in [0.2, 0.25) is 0 Å². The molecule has 1 heterocycles. The molecule has 7 nitrogen and oxygen atoms in total. The van der Waals surface area contributed by atoms with Crippen LogP contribution in [0.5, 0.6) is 0 Å². The summed E-state index contributed by atoms with van der Waals surface area (Å²) in [6.07, 6.45) is 11.2. The molecule has 3 aliphatic rings. The van der Waals surface area contributed by atoms with Crippen LogP contribution in [0.1, 0.15) is 47.9 Å². The Hall–Kier alpha value is -1.35. The van der Waals surface area contributed by atoms with Crippen molar-refractivity contribution < 1.29 is 13.2 Å². The Morgan fingerprint density at radius 2 is 1.76 bits per heavy atom. The van der Waals surface area contributed by atoms with Crippen molar-refractivity contribution >= 4 is 51.3 Å². The maximum Gasteiger partial charge on any atom is 0.333 e. The van der Waals surface area contributed by atoms with Gasteiger partial charge in [0.15, 0.2) is 0 Å².